The van der Waals surface area contributed by atoms with Crippen molar-refractivity contribution in [3.63, 3.8) is 0 Å². The molecule has 0 aliphatic carbocycles. The second-order valence-electron chi connectivity index (χ2n) is 10.8. The van der Waals surface area contributed by atoms with Crippen LogP contribution in [0.15, 0.2) is 42.7 Å². The highest BCUT2D eigenvalue weighted by Gasteiger charge is 2.33. The number of rotatable bonds is 6. The fourth-order valence-electron chi connectivity index (χ4n) is 5.87. The minimum atomic E-state index is -3.35. The van der Waals surface area contributed by atoms with Crippen molar-refractivity contribution in [3.05, 3.63) is 65.4 Å². The highest BCUT2D eigenvalue weighted by atomic mass is 32.2. The van der Waals surface area contributed by atoms with Crippen LogP contribution in [0, 0.1) is 23.1 Å². The standard InChI is InChI=1S/C28H33FN6O3S/c1-18-15-34(16-20-9-19(13-30)10-22(29)11-20)7-4-23(18)28-24-12-27(32-14-21(24)3-6-31-28)33-25-5-8-35(17-26(25)36)39(2,37)38/h3,6,9-12,14,18,23,25-26,36H,4-5,7-8,15-17H2,1-2H3,(H,32,33)/t18-,23-,25-,26-/m1/s1. The predicted molar refractivity (Wildman–Crippen MR) is 147 cm³/mol. The number of piperidine rings is 2. The number of β-amino-alcohol motifs (C(OH)–C–C–N with tert-alkyl or cyclic N) is 1. The number of aromatic nitrogens is 2. The van der Waals surface area contributed by atoms with Crippen molar-refractivity contribution < 1.29 is 17.9 Å². The molecule has 5 rings (SSSR count). The average molecular weight is 553 g/mol. The number of nitrogens with zero attached hydrogens (tertiary/aromatic N) is 5. The monoisotopic (exact) mass is 552 g/mol. The summed E-state index contributed by atoms with van der Waals surface area (Å²) in [6, 6.07) is 10.1. The Morgan fingerprint density at radius 2 is 2.00 bits per heavy atom. The van der Waals surface area contributed by atoms with Crippen LogP contribution < -0.4 is 5.32 Å². The van der Waals surface area contributed by atoms with E-state index in [1.54, 1.807) is 12.3 Å². The first-order valence-corrected chi connectivity index (χ1v) is 15.0. The van der Waals surface area contributed by atoms with Crippen LogP contribution in [0.4, 0.5) is 10.2 Å². The van der Waals surface area contributed by atoms with Crippen LogP contribution in [0.5, 0.6) is 0 Å². The minimum Gasteiger partial charge on any atom is -0.390 e. The van der Waals surface area contributed by atoms with Gasteiger partial charge in [-0.3, -0.25) is 9.88 Å². The number of fused-ring (bicyclic) bond motifs is 1. The molecule has 0 radical (unpaired) electrons. The van der Waals surface area contributed by atoms with Gasteiger partial charge in [0, 0.05) is 55.3 Å². The zero-order valence-corrected chi connectivity index (χ0v) is 22.9. The number of nitriles is 1. The summed E-state index contributed by atoms with van der Waals surface area (Å²) in [5.41, 5.74) is 2.14. The fraction of sp³-hybridized carbons (Fsp3) is 0.464. The number of sulfonamides is 1. The molecule has 2 N–H and O–H groups in total. The highest BCUT2D eigenvalue weighted by Crippen LogP contribution is 2.36. The van der Waals surface area contributed by atoms with Gasteiger partial charge in [0.25, 0.3) is 0 Å². The van der Waals surface area contributed by atoms with Crippen LogP contribution in [-0.2, 0) is 16.6 Å². The van der Waals surface area contributed by atoms with Crippen molar-refractivity contribution >= 4 is 26.6 Å². The first-order valence-electron chi connectivity index (χ1n) is 13.2. The Balaban J connectivity index is 1.30. The van der Waals surface area contributed by atoms with E-state index < -0.39 is 21.9 Å². The van der Waals surface area contributed by atoms with E-state index in [0.29, 0.717) is 36.8 Å². The number of benzene rings is 1. The maximum absolute atomic E-state index is 13.9. The molecule has 2 fully saturated rings. The van der Waals surface area contributed by atoms with E-state index >= 15 is 0 Å². The average Bonchev–Trinajstić information content (AvgIpc) is 2.89. The lowest BCUT2D eigenvalue weighted by atomic mass is 9.82. The number of aliphatic hydroxyl groups is 1. The highest BCUT2D eigenvalue weighted by molar-refractivity contribution is 7.88. The smallest absolute Gasteiger partial charge is 0.211 e. The van der Waals surface area contributed by atoms with E-state index in [-0.39, 0.29) is 18.5 Å². The van der Waals surface area contributed by atoms with E-state index in [9.17, 15) is 17.9 Å². The molecule has 2 aromatic heterocycles. The van der Waals surface area contributed by atoms with Gasteiger partial charge in [0.1, 0.15) is 11.6 Å². The molecule has 1 aromatic carbocycles. The number of nitrogens with one attached hydrogen (secondary N) is 1. The van der Waals surface area contributed by atoms with Crippen LogP contribution in [0.1, 0.15) is 42.5 Å². The second kappa shape index (κ2) is 11.1. The number of hydrogen-bond donors (Lipinski definition) is 2. The molecule has 2 aliphatic heterocycles. The Labute approximate surface area is 228 Å². The second-order valence-corrected chi connectivity index (χ2v) is 12.8. The van der Waals surface area contributed by atoms with Gasteiger partial charge in [-0.15, -0.1) is 0 Å². The van der Waals surface area contributed by atoms with Gasteiger partial charge >= 0.3 is 0 Å². The molecule has 3 aromatic rings. The molecule has 206 valence electrons. The lowest BCUT2D eigenvalue weighted by Crippen LogP contribution is -2.51. The summed E-state index contributed by atoms with van der Waals surface area (Å²) in [7, 11) is -3.35. The molecule has 0 amide bonds. The van der Waals surface area contributed by atoms with Gasteiger partial charge < -0.3 is 10.4 Å². The van der Waals surface area contributed by atoms with Gasteiger partial charge in [0.05, 0.1) is 35.7 Å². The minimum absolute atomic E-state index is 0.0560. The molecule has 0 bridgehead atoms. The van der Waals surface area contributed by atoms with Gasteiger partial charge in [-0.2, -0.15) is 9.57 Å². The number of likely N-dealkylation sites (tertiary alicyclic amines) is 1. The van der Waals surface area contributed by atoms with E-state index in [1.807, 2.05) is 24.4 Å². The number of pyridine rings is 2. The molecular weight excluding hydrogens is 519 g/mol. The predicted octanol–water partition coefficient (Wildman–Crippen LogP) is 3.07. The summed E-state index contributed by atoms with van der Waals surface area (Å²) in [5, 5.41) is 25.1. The maximum atomic E-state index is 13.9. The Bertz CT molecular complexity index is 1510. The van der Waals surface area contributed by atoms with Crippen LogP contribution in [0.25, 0.3) is 10.8 Å². The van der Waals surface area contributed by atoms with Crippen LogP contribution >= 0.6 is 0 Å². The molecular formula is C28H33FN6O3S. The Kier molecular flexibility index (Phi) is 7.82. The first kappa shape index (κ1) is 27.4. The van der Waals surface area contributed by atoms with Crippen LogP contribution in [-0.4, -0.2) is 77.3 Å². The molecule has 2 aliphatic rings. The molecule has 39 heavy (non-hydrogen) atoms. The maximum Gasteiger partial charge on any atom is 0.211 e. The lowest BCUT2D eigenvalue weighted by molar-refractivity contribution is 0.0952. The normalized spacial score (nSPS) is 24.9. The summed E-state index contributed by atoms with van der Waals surface area (Å²) in [5.74, 6) is 0.759. The van der Waals surface area contributed by atoms with E-state index in [2.05, 4.69) is 22.1 Å². The van der Waals surface area contributed by atoms with Gasteiger partial charge in [-0.1, -0.05) is 6.92 Å². The van der Waals surface area contributed by atoms with Crippen molar-refractivity contribution in [2.45, 2.75) is 44.4 Å². The largest absolute Gasteiger partial charge is 0.390 e. The molecule has 9 nitrogen and oxygen atoms in total. The Hall–Kier alpha value is -3.17. The van der Waals surface area contributed by atoms with E-state index in [4.69, 9.17) is 10.2 Å². The molecule has 0 saturated carbocycles. The number of hydrogen-bond acceptors (Lipinski definition) is 8. The molecule has 0 unspecified atom stereocenters. The van der Waals surface area contributed by atoms with Crippen LogP contribution in [0.3, 0.4) is 0 Å². The molecule has 4 atom stereocenters. The van der Waals surface area contributed by atoms with Crippen molar-refractivity contribution in [3.8, 4) is 6.07 Å². The van der Waals surface area contributed by atoms with Crippen molar-refractivity contribution in [2.24, 2.45) is 5.92 Å². The summed E-state index contributed by atoms with van der Waals surface area (Å²) in [4.78, 5) is 11.6. The molecule has 11 heteroatoms. The topological polar surface area (TPSA) is 122 Å². The van der Waals surface area contributed by atoms with E-state index in [0.717, 1.165) is 47.8 Å². The summed E-state index contributed by atoms with van der Waals surface area (Å²) < 4.78 is 38.9. The third-order valence-electron chi connectivity index (χ3n) is 7.86. The quantitative estimate of drug-likeness (QED) is 0.479. The van der Waals surface area contributed by atoms with Gasteiger partial charge in [-0.05, 0) is 61.2 Å². The first-order chi connectivity index (χ1) is 18.6. The zero-order valence-electron chi connectivity index (χ0n) is 22.1. The van der Waals surface area contributed by atoms with Crippen molar-refractivity contribution in [2.75, 3.05) is 37.8 Å². The molecule has 4 heterocycles. The third kappa shape index (κ3) is 6.20. The van der Waals surface area contributed by atoms with Crippen LogP contribution in [0.2, 0.25) is 0 Å². The van der Waals surface area contributed by atoms with Gasteiger partial charge in [0.2, 0.25) is 10.0 Å². The summed E-state index contributed by atoms with van der Waals surface area (Å²) >= 11 is 0. The summed E-state index contributed by atoms with van der Waals surface area (Å²) in [6.45, 7) is 4.84. The Morgan fingerprint density at radius 3 is 2.72 bits per heavy atom. The zero-order chi connectivity index (χ0) is 27.7. The van der Waals surface area contributed by atoms with E-state index in [1.165, 1.54) is 16.4 Å². The van der Waals surface area contributed by atoms with Crippen molar-refractivity contribution in [1.29, 1.82) is 5.26 Å². The SMILES string of the molecule is C[C@@H]1CN(Cc2cc(F)cc(C#N)c2)CC[C@H]1c1nccc2cnc(N[C@@H]3CCN(S(C)(=O)=O)C[C@H]3O)cc12. The van der Waals surface area contributed by atoms with Gasteiger partial charge in [-0.25, -0.2) is 17.8 Å². The number of aliphatic hydroxyl groups excluding tert-OH is 1. The van der Waals surface area contributed by atoms with Crippen molar-refractivity contribution in [1.82, 2.24) is 19.2 Å². The number of anilines is 1. The van der Waals surface area contributed by atoms with Gasteiger partial charge in [0.15, 0.2) is 0 Å². The molecule has 0 spiro atoms. The summed E-state index contributed by atoms with van der Waals surface area (Å²) in [6.07, 6.45) is 5.30. The third-order valence-corrected chi connectivity index (χ3v) is 9.13. The lowest BCUT2D eigenvalue weighted by Gasteiger charge is -2.37. The fourth-order valence-corrected chi connectivity index (χ4v) is 6.73. The Morgan fingerprint density at radius 1 is 1.18 bits per heavy atom. The number of halogens is 1. The molecule has 2 saturated heterocycles.